The number of para-hydroxylation sites is 1. The van der Waals surface area contributed by atoms with Crippen LogP contribution < -0.4 is 4.90 Å². The van der Waals surface area contributed by atoms with E-state index in [1.165, 1.54) is 16.9 Å². The second-order valence-corrected chi connectivity index (χ2v) is 9.19. The van der Waals surface area contributed by atoms with E-state index in [1.54, 1.807) is 0 Å². The minimum Gasteiger partial charge on any atom is -0.338 e. The lowest BCUT2D eigenvalue weighted by molar-refractivity contribution is 0.0751. The van der Waals surface area contributed by atoms with Crippen LogP contribution in [0.1, 0.15) is 15.2 Å². The number of aromatic nitrogens is 4. The van der Waals surface area contributed by atoms with E-state index in [-0.39, 0.29) is 5.91 Å². The number of rotatable bonds is 3. The van der Waals surface area contributed by atoms with Gasteiger partial charge in [-0.25, -0.2) is 9.38 Å². The summed E-state index contributed by atoms with van der Waals surface area (Å²) in [4.78, 5) is 22.8. The monoisotopic (exact) mass is 454 g/mol. The lowest BCUT2D eigenvalue weighted by Gasteiger charge is -2.35. The van der Waals surface area contributed by atoms with Crippen molar-refractivity contribution in [3.05, 3.63) is 76.5 Å². The normalized spacial score (nSPS) is 14.3. The van der Waals surface area contributed by atoms with Gasteiger partial charge in [-0.2, -0.15) is 0 Å². The molecule has 0 aliphatic carbocycles. The molecule has 33 heavy (non-hydrogen) atoms. The van der Waals surface area contributed by atoms with Crippen LogP contribution >= 0.6 is 11.3 Å². The van der Waals surface area contributed by atoms with E-state index in [9.17, 15) is 4.79 Å². The van der Waals surface area contributed by atoms with Gasteiger partial charge in [0.15, 0.2) is 11.5 Å². The molecule has 164 valence electrons. The topological polar surface area (TPSA) is 66.6 Å². The molecule has 2 aromatic carbocycles. The number of fused-ring (bicyclic) bond motifs is 3. The van der Waals surface area contributed by atoms with Crippen LogP contribution in [0.25, 0.3) is 27.9 Å². The van der Waals surface area contributed by atoms with Crippen LogP contribution in [0.15, 0.2) is 66.0 Å². The van der Waals surface area contributed by atoms with Crippen molar-refractivity contribution in [2.45, 2.75) is 6.92 Å². The van der Waals surface area contributed by atoms with Crippen LogP contribution in [0.3, 0.4) is 0 Å². The number of amides is 1. The van der Waals surface area contributed by atoms with Gasteiger partial charge in [-0.05, 0) is 36.6 Å². The Bertz CT molecular complexity index is 1470. The van der Waals surface area contributed by atoms with E-state index in [0.29, 0.717) is 26.2 Å². The summed E-state index contributed by atoms with van der Waals surface area (Å²) in [6.45, 7) is 4.76. The highest BCUT2D eigenvalue weighted by atomic mass is 32.1. The Kier molecular flexibility index (Phi) is 4.80. The number of carbonyl (C=O) groups is 1. The fraction of sp³-hybridized carbons (Fsp3) is 0.200. The summed E-state index contributed by atoms with van der Waals surface area (Å²) in [5.74, 6) is 1.69. The zero-order valence-corrected chi connectivity index (χ0v) is 19.0. The smallest absolute Gasteiger partial charge is 0.264 e. The number of hydrogen-bond acceptors (Lipinski definition) is 6. The van der Waals surface area contributed by atoms with Crippen molar-refractivity contribution in [2.24, 2.45) is 0 Å². The van der Waals surface area contributed by atoms with Gasteiger partial charge in [0, 0.05) is 37.1 Å². The third kappa shape index (κ3) is 3.43. The van der Waals surface area contributed by atoms with Crippen molar-refractivity contribution in [3.8, 4) is 11.4 Å². The van der Waals surface area contributed by atoms with Crippen molar-refractivity contribution >= 4 is 39.7 Å². The maximum Gasteiger partial charge on any atom is 0.264 e. The maximum atomic E-state index is 12.8. The third-order valence-electron chi connectivity index (χ3n) is 6.09. The SMILES string of the molecule is Cc1cccc(-c2nnc3c4ccccc4nc(N4CCN(C(=O)c5cccs5)CC4)n23)c1. The van der Waals surface area contributed by atoms with E-state index in [4.69, 9.17) is 4.98 Å². The molecule has 1 aliphatic heterocycles. The highest BCUT2D eigenvalue weighted by molar-refractivity contribution is 7.12. The van der Waals surface area contributed by atoms with Crippen LogP contribution in [0.5, 0.6) is 0 Å². The summed E-state index contributed by atoms with van der Waals surface area (Å²) in [6.07, 6.45) is 0. The van der Waals surface area contributed by atoms with Crippen molar-refractivity contribution in [3.63, 3.8) is 0 Å². The molecule has 0 N–H and O–H groups in total. The Balaban J connectivity index is 1.42. The molecule has 1 saturated heterocycles. The first-order valence-electron chi connectivity index (χ1n) is 11.0. The lowest BCUT2D eigenvalue weighted by atomic mass is 10.1. The molecule has 1 amide bonds. The zero-order valence-electron chi connectivity index (χ0n) is 18.2. The lowest BCUT2D eigenvalue weighted by Crippen LogP contribution is -2.49. The van der Waals surface area contributed by atoms with Crippen LogP contribution in [0, 0.1) is 6.92 Å². The zero-order chi connectivity index (χ0) is 22.4. The van der Waals surface area contributed by atoms with E-state index in [1.807, 2.05) is 52.7 Å². The number of benzene rings is 2. The molecule has 6 rings (SSSR count). The molecular weight excluding hydrogens is 432 g/mol. The van der Waals surface area contributed by atoms with Crippen molar-refractivity contribution < 1.29 is 4.79 Å². The number of anilines is 1. The van der Waals surface area contributed by atoms with Gasteiger partial charge in [-0.3, -0.25) is 4.79 Å². The quantitative estimate of drug-likeness (QED) is 0.407. The van der Waals surface area contributed by atoms with Crippen molar-refractivity contribution in [2.75, 3.05) is 31.1 Å². The number of aryl methyl sites for hydroxylation is 1. The van der Waals surface area contributed by atoms with E-state index in [0.717, 1.165) is 38.8 Å². The van der Waals surface area contributed by atoms with E-state index < -0.39 is 0 Å². The van der Waals surface area contributed by atoms with Crippen LogP contribution in [-0.2, 0) is 0 Å². The molecule has 4 heterocycles. The molecule has 0 bridgehead atoms. The molecule has 1 fully saturated rings. The summed E-state index contributed by atoms with van der Waals surface area (Å²) in [6, 6.07) is 20.1. The standard InChI is InChI=1S/C25H22N6OS/c1-17-6-4-7-18(16-17)22-27-28-23-19-8-2-3-9-20(19)26-25(31(22)23)30-13-11-29(12-14-30)24(32)21-10-5-15-33-21/h2-10,15-16H,11-14H2,1H3. The first-order valence-corrected chi connectivity index (χ1v) is 11.9. The predicted octanol–water partition coefficient (Wildman–Crippen LogP) is 4.28. The van der Waals surface area contributed by atoms with Gasteiger partial charge >= 0.3 is 0 Å². The molecule has 5 aromatic rings. The van der Waals surface area contributed by atoms with Gasteiger partial charge < -0.3 is 9.80 Å². The van der Waals surface area contributed by atoms with Crippen molar-refractivity contribution in [1.29, 1.82) is 0 Å². The molecule has 1 aliphatic rings. The maximum absolute atomic E-state index is 12.8. The predicted molar refractivity (Wildman–Crippen MR) is 131 cm³/mol. The molecule has 7 nitrogen and oxygen atoms in total. The Morgan fingerprint density at radius 3 is 2.58 bits per heavy atom. The second kappa shape index (κ2) is 7.97. The van der Waals surface area contributed by atoms with Gasteiger partial charge in [0.25, 0.3) is 5.91 Å². The minimum absolute atomic E-state index is 0.103. The molecule has 0 saturated carbocycles. The van der Waals surface area contributed by atoms with Gasteiger partial charge in [0.05, 0.1) is 10.4 Å². The van der Waals surface area contributed by atoms with Gasteiger partial charge in [-0.1, -0.05) is 42.0 Å². The Morgan fingerprint density at radius 1 is 0.939 bits per heavy atom. The molecule has 0 radical (unpaired) electrons. The van der Waals surface area contributed by atoms with Crippen LogP contribution in [0.2, 0.25) is 0 Å². The fourth-order valence-corrected chi connectivity index (χ4v) is 5.11. The summed E-state index contributed by atoms with van der Waals surface area (Å²) < 4.78 is 2.06. The minimum atomic E-state index is 0.103. The molecule has 3 aromatic heterocycles. The summed E-state index contributed by atoms with van der Waals surface area (Å²) >= 11 is 1.49. The van der Waals surface area contributed by atoms with Crippen LogP contribution in [-0.4, -0.2) is 56.6 Å². The molecule has 0 atom stereocenters. The third-order valence-corrected chi connectivity index (χ3v) is 6.94. The molecular formula is C25H22N6OS. The van der Waals surface area contributed by atoms with Gasteiger partial charge in [0.1, 0.15) is 0 Å². The average Bonchev–Trinajstić information content (AvgIpc) is 3.54. The first-order chi connectivity index (χ1) is 16.2. The Hall–Kier alpha value is -3.78. The van der Waals surface area contributed by atoms with Crippen LogP contribution in [0.4, 0.5) is 5.95 Å². The summed E-state index contributed by atoms with van der Waals surface area (Å²) in [5.41, 5.74) is 3.86. The Labute approximate surface area is 194 Å². The van der Waals surface area contributed by atoms with E-state index in [2.05, 4.69) is 44.6 Å². The summed E-state index contributed by atoms with van der Waals surface area (Å²) in [7, 11) is 0. The molecule has 0 unspecified atom stereocenters. The van der Waals surface area contributed by atoms with Crippen molar-refractivity contribution in [1.82, 2.24) is 24.5 Å². The highest BCUT2D eigenvalue weighted by Gasteiger charge is 2.26. The second-order valence-electron chi connectivity index (χ2n) is 8.24. The van der Waals surface area contributed by atoms with E-state index >= 15 is 0 Å². The number of carbonyl (C=O) groups excluding carboxylic acids is 1. The molecule has 0 spiro atoms. The first kappa shape index (κ1) is 19.9. The van der Waals surface area contributed by atoms with Gasteiger partial charge in [0.2, 0.25) is 5.95 Å². The number of hydrogen-bond donors (Lipinski definition) is 0. The Morgan fingerprint density at radius 2 is 1.79 bits per heavy atom. The van der Waals surface area contributed by atoms with Gasteiger partial charge in [-0.15, -0.1) is 21.5 Å². The average molecular weight is 455 g/mol. The summed E-state index contributed by atoms with van der Waals surface area (Å²) in [5, 5.41) is 12.1. The highest BCUT2D eigenvalue weighted by Crippen LogP contribution is 2.29. The fourth-order valence-electron chi connectivity index (χ4n) is 4.41. The number of thiophene rings is 1. The number of piperazine rings is 1. The largest absolute Gasteiger partial charge is 0.338 e. The number of nitrogens with zero attached hydrogens (tertiary/aromatic N) is 6. The molecule has 8 heteroatoms.